The van der Waals surface area contributed by atoms with E-state index in [4.69, 9.17) is 0 Å². The van der Waals surface area contributed by atoms with E-state index in [1.165, 1.54) is 4.90 Å². The SMILES string of the molecule is CCCCN1C(=O)c2ccc(C(=O)N3CCNCC3)cc2C1=O. The normalized spacial score (nSPS) is 17.6. The van der Waals surface area contributed by atoms with Crippen molar-refractivity contribution in [2.45, 2.75) is 19.8 Å². The zero-order valence-electron chi connectivity index (χ0n) is 13.3. The van der Waals surface area contributed by atoms with Crippen molar-refractivity contribution >= 4 is 17.7 Å². The van der Waals surface area contributed by atoms with Crippen LogP contribution in [-0.2, 0) is 0 Å². The number of imide groups is 1. The third-order valence-electron chi connectivity index (χ3n) is 4.36. The molecule has 1 saturated heterocycles. The summed E-state index contributed by atoms with van der Waals surface area (Å²) >= 11 is 0. The van der Waals surface area contributed by atoms with Gasteiger partial charge in [0.15, 0.2) is 0 Å². The maximum Gasteiger partial charge on any atom is 0.261 e. The molecule has 23 heavy (non-hydrogen) atoms. The average Bonchev–Trinajstić information content (AvgIpc) is 2.83. The topological polar surface area (TPSA) is 69.7 Å². The van der Waals surface area contributed by atoms with Gasteiger partial charge in [-0.2, -0.15) is 0 Å². The van der Waals surface area contributed by atoms with Crippen LogP contribution in [0.4, 0.5) is 0 Å². The van der Waals surface area contributed by atoms with Crippen LogP contribution in [0, 0.1) is 0 Å². The van der Waals surface area contributed by atoms with Gasteiger partial charge in [-0.15, -0.1) is 0 Å². The van der Waals surface area contributed by atoms with Crippen LogP contribution in [0.15, 0.2) is 18.2 Å². The minimum Gasteiger partial charge on any atom is -0.336 e. The summed E-state index contributed by atoms with van der Waals surface area (Å²) in [7, 11) is 0. The summed E-state index contributed by atoms with van der Waals surface area (Å²) in [4.78, 5) is 40.3. The van der Waals surface area contributed by atoms with Crippen molar-refractivity contribution in [3.05, 3.63) is 34.9 Å². The first kappa shape index (κ1) is 15.7. The molecule has 3 rings (SSSR count). The molecule has 0 bridgehead atoms. The Kier molecular flexibility index (Phi) is 4.43. The number of benzene rings is 1. The molecular weight excluding hydrogens is 294 g/mol. The minimum absolute atomic E-state index is 0.0819. The molecule has 122 valence electrons. The quantitative estimate of drug-likeness (QED) is 0.846. The maximum absolute atomic E-state index is 12.5. The summed E-state index contributed by atoms with van der Waals surface area (Å²) in [6, 6.07) is 4.83. The molecule has 6 heteroatoms. The fourth-order valence-electron chi connectivity index (χ4n) is 2.99. The summed E-state index contributed by atoms with van der Waals surface area (Å²) in [6.07, 6.45) is 1.71. The van der Waals surface area contributed by atoms with Crippen LogP contribution < -0.4 is 5.32 Å². The van der Waals surface area contributed by atoms with E-state index in [2.05, 4.69) is 5.32 Å². The Morgan fingerprint density at radius 3 is 2.52 bits per heavy atom. The highest BCUT2D eigenvalue weighted by Gasteiger charge is 2.35. The first-order valence-corrected chi connectivity index (χ1v) is 8.13. The number of rotatable bonds is 4. The van der Waals surface area contributed by atoms with Crippen molar-refractivity contribution in [2.75, 3.05) is 32.7 Å². The monoisotopic (exact) mass is 315 g/mol. The lowest BCUT2D eigenvalue weighted by Gasteiger charge is -2.27. The van der Waals surface area contributed by atoms with Gasteiger partial charge in [0.1, 0.15) is 0 Å². The molecule has 3 amide bonds. The predicted octanol–water partition coefficient (Wildman–Crippen LogP) is 1.13. The van der Waals surface area contributed by atoms with Gasteiger partial charge < -0.3 is 10.2 Å². The molecular formula is C17H21N3O3. The van der Waals surface area contributed by atoms with Crippen LogP contribution in [0.1, 0.15) is 50.8 Å². The minimum atomic E-state index is -0.284. The number of piperazine rings is 1. The van der Waals surface area contributed by atoms with Gasteiger partial charge in [0.2, 0.25) is 0 Å². The molecule has 0 saturated carbocycles. The van der Waals surface area contributed by atoms with E-state index in [0.29, 0.717) is 36.3 Å². The Bertz CT molecular complexity index is 650. The molecule has 6 nitrogen and oxygen atoms in total. The number of carbonyl (C=O) groups excluding carboxylic acids is 3. The molecule has 1 aromatic carbocycles. The number of hydrogen-bond donors (Lipinski definition) is 1. The third kappa shape index (κ3) is 2.86. The Morgan fingerprint density at radius 1 is 1.13 bits per heavy atom. The summed E-state index contributed by atoms with van der Waals surface area (Å²) in [5, 5.41) is 3.20. The van der Waals surface area contributed by atoms with E-state index in [1.54, 1.807) is 23.1 Å². The van der Waals surface area contributed by atoms with Crippen LogP contribution in [-0.4, -0.2) is 60.2 Å². The van der Waals surface area contributed by atoms with Crippen LogP contribution in [0.2, 0.25) is 0 Å². The molecule has 2 aliphatic rings. The summed E-state index contributed by atoms with van der Waals surface area (Å²) in [5.41, 5.74) is 1.24. The third-order valence-corrected chi connectivity index (χ3v) is 4.36. The number of fused-ring (bicyclic) bond motifs is 1. The molecule has 0 spiro atoms. The molecule has 0 aliphatic carbocycles. The van der Waals surface area contributed by atoms with E-state index in [9.17, 15) is 14.4 Å². The number of unbranched alkanes of at least 4 members (excludes halogenated alkanes) is 1. The summed E-state index contributed by atoms with van der Waals surface area (Å²) in [6.45, 7) is 5.32. The van der Waals surface area contributed by atoms with Crippen LogP contribution >= 0.6 is 0 Å². The molecule has 2 aliphatic heterocycles. The molecule has 2 heterocycles. The van der Waals surface area contributed by atoms with Gasteiger partial charge in [-0.05, 0) is 24.6 Å². The highest BCUT2D eigenvalue weighted by atomic mass is 16.2. The lowest BCUT2D eigenvalue weighted by molar-refractivity contribution is 0.0651. The smallest absolute Gasteiger partial charge is 0.261 e. The van der Waals surface area contributed by atoms with E-state index >= 15 is 0 Å². The van der Waals surface area contributed by atoms with Crippen LogP contribution in [0.3, 0.4) is 0 Å². The van der Waals surface area contributed by atoms with Gasteiger partial charge in [-0.25, -0.2) is 0 Å². The molecule has 1 N–H and O–H groups in total. The van der Waals surface area contributed by atoms with Gasteiger partial charge in [-0.3, -0.25) is 19.3 Å². The second-order valence-electron chi connectivity index (χ2n) is 5.92. The summed E-state index contributed by atoms with van der Waals surface area (Å²) in [5.74, 6) is -0.616. The fourth-order valence-corrected chi connectivity index (χ4v) is 2.99. The van der Waals surface area contributed by atoms with Crippen LogP contribution in [0.25, 0.3) is 0 Å². The van der Waals surface area contributed by atoms with E-state index in [-0.39, 0.29) is 17.7 Å². The highest BCUT2D eigenvalue weighted by molar-refractivity contribution is 6.22. The molecule has 1 fully saturated rings. The fraction of sp³-hybridized carbons (Fsp3) is 0.471. The van der Waals surface area contributed by atoms with Gasteiger partial charge in [0.25, 0.3) is 17.7 Å². The number of nitrogens with one attached hydrogen (secondary N) is 1. The maximum atomic E-state index is 12.5. The average molecular weight is 315 g/mol. The second kappa shape index (κ2) is 6.50. The van der Waals surface area contributed by atoms with Crippen molar-refractivity contribution in [1.29, 1.82) is 0 Å². The highest BCUT2D eigenvalue weighted by Crippen LogP contribution is 2.25. The van der Waals surface area contributed by atoms with E-state index in [0.717, 1.165) is 25.9 Å². The number of amides is 3. The Labute approximate surface area is 135 Å². The lowest BCUT2D eigenvalue weighted by atomic mass is 10.0. The number of carbonyl (C=O) groups is 3. The molecule has 0 aromatic heterocycles. The Balaban J connectivity index is 1.83. The second-order valence-corrected chi connectivity index (χ2v) is 5.92. The van der Waals surface area contributed by atoms with Crippen molar-refractivity contribution in [3.63, 3.8) is 0 Å². The number of nitrogens with zero attached hydrogens (tertiary/aromatic N) is 2. The molecule has 1 aromatic rings. The summed E-state index contributed by atoms with van der Waals surface area (Å²) < 4.78 is 0. The van der Waals surface area contributed by atoms with Crippen molar-refractivity contribution in [3.8, 4) is 0 Å². The Hall–Kier alpha value is -2.21. The first-order chi connectivity index (χ1) is 11.1. The molecule has 0 unspecified atom stereocenters. The molecule has 0 atom stereocenters. The zero-order chi connectivity index (χ0) is 16.4. The van der Waals surface area contributed by atoms with Crippen molar-refractivity contribution < 1.29 is 14.4 Å². The van der Waals surface area contributed by atoms with Crippen molar-refractivity contribution in [2.24, 2.45) is 0 Å². The van der Waals surface area contributed by atoms with E-state index in [1.807, 2.05) is 6.92 Å². The standard InChI is InChI=1S/C17H21N3O3/c1-2-3-8-20-16(22)13-5-4-12(11-14(13)17(20)23)15(21)19-9-6-18-7-10-19/h4-5,11,18H,2-3,6-10H2,1H3. The largest absolute Gasteiger partial charge is 0.336 e. The van der Waals surface area contributed by atoms with E-state index < -0.39 is 0 Å². The number of hydrogen-bond acceptors (Lipinski definition) is 4. The van der Waals surface area contributed by atoms with Gasteiger partial charge in [0, 0.05) is 38.3 Å². The lowest BCUT2D eigenvalue weighted by Crippen LogP contribution is -2.46. The van der Waals surface area contributed by atoms with Gasteiger partial charge >= 0.3 is 0 Å². The zero-order valence-corrected chi connectivity index (χ0v) is 13.3. The van der Waals surface area contributed by atoms with Gasteiger partial charge in [0.05, 0.1) is 11.1 Å². The Morgan fingerprint density at radius 2 is 1.83 bits per heavy atom. The first-order valence-electron chi connectivity index (χ1n) is 8.13. The molecule has 0 radical (unpaired) electrons. The van der Waals surface area contributed by atoms with Crippen molar-refractivity contribution in [1.82, 2.24) is 15.1 Å². The van der Waals surface area contributed by atoms with Gasteiger partial charge in [-0.1, -0.05) is 13.3 Å². The van der Waals surface area contributed by atoms with Crippen LogP contribution in [0.5, 0.6) is 0 Å². The predicted molar refractivity (Wildman–Crippen MR) is 85.5 cm³/mol.